The van der Waals surface area contributed by atoms with Gasteiger partial charge in [0.05, 0.1) is 5.02 Å². The number of imidazole rings is 1. The van der Waals surface area contributed by atoms with E-state index in [1.807, 2.05) is 0 Å². The summed E-state index contributed by atoms with van der Waals surface area (Å²) in [6, 6.07) is 1.30. The van der Waals surface area contributed by atoms with Crippen molar-refractivity contribution in [2.75, 3.05) is 6.61 Å². The molecule has 8 heteroatoms. The molecule has 0 saturated carbocycles. The van der Waals surface area contributed by atoms with Crippen LogP contribution in [0.4, 0.5) is 13.2 Å². The Labute approximate surface area is 105 Å². The number of hydrogen-bond acceptors (Lipinski definition) is 3. The molecule has 0 atom stereocenters. The molecule has 0 spiro atoms. The number of halogens is 4. The molecule has 0 aliphatic carbocycles. The predicted molar refractivity (Wildman–Crippen MR) is 59.2 cm³/mol. The van der Waals surface area contributed by atoms with Crippen molar-refractivity contribution in [2.24, 2.45) is 0 Å². The lowest BCUT2D eigenvalue weighted by Gasteiger charge is -2.10. The van der Waals surface area contributed by atoms with Gasteiger partial charge in [0.15, 0.2) is 5.65 Å². The Bertz CT molecular complexity index is 594. The summed E-state index contributed by atoms with van der Waals surface area (Å²) in [7, 11) is 0. The fourth-order valence-electron chi connectivity index (χ4n) is 1.35. The Morgan fingerprint density at radius 3 is 2.83 bits per heavy atom. The predicted octanol–water partition coefficient (Wildman–Crippen LogP) is 2.72. The molecule has 0 N–H and O–H groups in total. The number of aromatic nitrogens is 3. The summed E-state index contributed by atoms with van der Waals surface area (Å²) in [5.41, 5.74) is -0.0348. The van der Waals surface area contributed by atoms with E-state index in [1.54, 1.807) is 0 Å². The molecule has 0 aliphatic rings. The molecule has 96 valence electrons. The van der Waals surface area contributed by atoms with Crippen LogP contribution in [0, 0.1) is 0 Å². The van der Waals surface area contributed by atoms with Gasteiger partial charge in [-0.3, -0.25) is 0 Å². The zero-order valence-electron chi connectivity index (χ0n) is 8.91. The number of alkyl halides is 3. The summed E-state index contributed by atoms with van der Waals surface area (Å²) in [6.07, 6.45) is -2.10. The van der Waals surface area contributed by atoms with Gasteiger partial charge in [0.1, 0.15) is 12.1 Å². The minimum Gasteiger partial charge on any atom is -0.407 e. The first-order chi connectivity index (χ1) is 8.43. The molecule has 2 aromatic heterocycles. The Morgan fingerprint density at radius 1 is 1.50 bits per heavy atom. The fraction of sp³-hybridized carbons (Fsp3) is 0.200. The zero-order valence-corrected chi connectivity index (χ0v) is 9.66. The second-order valence-electron chi connectivity index (χ2n) is 3.31. The van der Waals surface area contributed by atoms with Gasteiger partial charge in [0, 0.05) is 6.20 Å². The van der Waals surface area contributed by atoms with E-state index in [0.717, 1.165) is 0 Å². The first-order valence-electron chi connectivity index (χ1n) is 4.79. The smallest absolute Gasteiger partial charge is 0.407 e. The van der Waals surface area contributed by atoms with E-state index >= 15 is 0 Å². The van der Waals surface area contributed by atoms with E-state index in [9.17, 15) is 13.2 Å². The SMILES string of the molecule is C=CCOn1c(C(F)(F)F)nc2ncc(Cl)cc21. The van der Waals surface area contributed by atoms with Crippen LogP contribution in [0.25, 0.3) is 11.2 Å². The summed E-state index contributed by atoms with van der Waals surface area (Å²) in [5.74, 6) is -1.19. The van der Waals surface area contributed by atoms with Crippen LogP contribution in [0.2, 0.25) is 5.02 Å². The van der Waals surface area contributed by atoms with E-state index in [-0.39, 0.29) is 22.8 Å². The topological polar surface area (TPSA) is 39.9 Å². The quantitative estimate of drug-likeness (QED) is 0.810. The summed E-state index contributed by atoms with van der Waals surface area (Å²) < 4.78 is 38.9. The van der Waals surface area contributed by atoms with Gasteiger partial charge in [-0.1, -0.05) is 24.3 Å². The van der Waals surface area contributed by atoms with Crippen LogP contribution < -0.4 is 4.84 Å². The number of rotatable bonds is 3. The monoisotopic (exact) mass is 277 g/mol. The van der Waals surface area contributed by atoms with Gasteiger partial charge in [-0.25, -0.2) is 9.97 Å². The zero-order chi connectivity index (χ0) is 13.3. The highest BCUT2D eigenvalue weighted by Crippen LogP contribution is 2.30. The van der Waals surface area contributed by atoms with Crippen molar-refractivity contribution in [3.8, 4) is 0 Å². The van der Waals surface area contributed by atoms with Crippen molar-refractivity contribution in [1.29, 1.82) is 0 Å². The molecule has 0 aromatic carbocycles. The van der Waals surface area contributed by atoms with E-state index in [2.05, 4.69) is 16.5 Å². The lowest BCUT2D eigenvalue weighted by atomic mass is 10.4. The maximum absolute atomic E-state index is 12.8. The third-order valence-corrected chi connectivity index (χ3v) is 2.22. The maximum Gasteiger partial charge on any atom is 0.453 e. The number of hydrogen-bond donors (Lipinski definition) is 0. The molecule has 18 heavy (non-hydrogen) atoms. The highest BCUT2D eigenvalue weighted by molar-refractivity contribution is 6.31. The standard InChI is InChI=1S/C10H7ClF3N3O/c1-2-3-18-17-7-4-6(11)5-15-8(7)16-9(17)10(12,13)14/h2,4-5H,1,3H2. The Balaban J connectivity index is 2.65. The Morgan fingerprint density at radius 2 is 2.22 bits per heavy atom. The van der Waals surface area contributed by atoms with Gasteiger partial charge in [-0.2, -0.15) is 17.9 Å². The summed E-state index contributed by atoms with van der Waals surface area (Å²) >= 11 is 5.69. The summed E-state index contributed by atoms with van der Waals surface area (Å²) in [6.45, 7) is 3.27. The highest BCUT2D eigenvalue weighted by Gasteiger charge is 2.39. The molecule has 0 unspecified atom stereocenters. The number of nitrogens with zero attached hydrogens (tertiary/aromatic N) is 3. The molecule has 0 aliphatic heterocycles. The molecular formula is C10H7ClF3N3O. The van der Waals surface area contributed by atoms with Crippen LogP contribution in [-0.2, 0) is 6.18 Å². The van der Waals surface area contributed by atoms with Crippen LogP contribution in [0.1, 0.15) is 5.82 Å². The Kier molecular flexibility index (Phi) is 3.16. The average Bonchev–Trinajstić information content (AvgIpc) is 2.64. The molecule has 2 aromatic rings. The third-order valence-electron chi connectivity index (χ3n) is 2.01. The highest BCUT2D eigenvalue weighted by atomic mass is 35.5. The van der Waals surface area contributed by atoms with Crippen LogP contribution >= 0.6 is 11.6 Å². The second kappa shape index (κ2) is 4.49. The lowest BCUT2D eigenvalue weighted by molar-refractivity contribution is -0.154. The van der Waals surface area contributed by atoms with Gasteiger partial charge < -0.3 is 4.84 Å². The van der Waals surface area contributed by atoms with E-state index in [1.165, 1.54) is 18.3 Å². The van der Waals surface area contributed by atoms with Crippen molar-refractivity contribution in [2.45, 2.75) is 6.18 Å². The number of pyridine rings is 1. The van der Waals surface area contributed by atoms with Crippen LogP contribution in [0.5, 0.6) is 0 Å². The van der Waals surface area contributed by atoms with Gasteiger partial charge in [0.25, 0.3) is 5.82 Å². The molecule has 0 radical (unpaired) electrons. The van der Waals surface area contributed by atoms with Gasteiger partial charge in [-0.15, -0.1) is 0 Å². The minimum absolute atomic E-state index is 0.0525. The first-order valence-corrected chi connectivity index (χ1v) is 5.16. The van der Waals surface area contributed by atoms with Crippen LogP contribution in [0.3, 0.4) is 0 Å². The van der Waals surface area contributed by atoms with Crippen molar-refractivity contribution >= 4 is 22.8 Å². The molecular weight excluding hydrogens is 271 g/mol. The van der Waals surface area contributed by atoms with E-state index in [4.69, 9.17) is 16.4 Å². The van der Waals surface area contributed by atoms with Crippen LogP contribution in [0.15, 0.2) is 24.9 Å². The minimum atomic E-state index is -4.64. The van der Waals surface area contributed by atoms with Crippen molar-refractivity contribution in [3.63, 3.8) is 0 Å². The van der Waals surface area contributed by atoms with E-state index < -0.39 is 12.0 Å². The molecule has 2 rings (SSSR count). The van der Waals surface area contributed by atoms with Crippen LogP contribution in [-0.4, -0.2) is 21.3 Å². The van der Waals surface area contributed by atoms with Gasteiger partial charge >= 0.3 is 6.18 Å². The van der Waals surface area contributed by atoms with Gasteiger partial charge in [-0.05, 0) is 6.07 Å². The first kappa shape index (κ1) is 12.7. The molecule has 0 bridgehead atoms. The molecule has 0 fully saturated rings. The summed E-state index contributed by atoms with van der Waals surface area (Å²) in [5, 5.41) is 0.194. The normalized spacial score (nSPS) is 11.8. The maximum atomic E-state index is 12.8. The van der Waals surface area contributed by atoms with Crippen molar-refractivity contribution in [3.05, 3.63) is 35.8 Å². The number of fused-ring (bicyclic) bond motifs is 1. The molecule has 0 saturated heterocycles. The molecule has 4 nitrogen and oxygen atoms in total. The largest absolute Gasteiger partial charge is 0.453 e. The fourth-order valence-corrected chi connectivity index (χ4v) is 1.51. The molecule has 2 heterocycles. The average molecular weight is 278 g/mol. The molecule has 0 amide bonds. The summed E-state index contributed by atoms with van der Waals surface area (Å²) in [4.78, 5) is 12.0. The van der Waals surface area contributed by atoms with Crippen molar-refractivity contribution < 1.29 is 18.0 Å². The third kappa shape index (κ3) is 2.26. The Hall–Kier alpha value is -1.76. The van der Waals surface area contributed by atoms with Gasteiger partial charge in [0.2, 0.25) is 0 Å². The second-order valence-corrected chi connectivity index (χ2v) is 3.74. The van der Waals surface area contributed by atoms with E-state index in [0.29, 0.717) is 4.73 Å². The lowest BCUT2D eigenvalue weighted by Crippen LogP contribution is -2.21. The van der Waals surface area contributed by atoms with Crippen molar-refractivity contribution in [1.82, 2.24) is 14.7 Å².